The number of aryl methyl sites for hydroxylation is 1. The third-order valence-electron chi connectivity index (χ3n) is 2.05. The van der Waals surface area contributed by atoms with E-state index < -0.39 is 0 Å². The van der Waals surface area contributed by atoms with Crippen molar-refractivity contribution in [2.75, 3.05) is 20.1 Å². The molecule has 0 spiro atoms. The zero-order chi connectivity index (χ0) is 9.90. The van der Waals surface area contributed by atoms with Crippen LogP contribution in [0.2, 0.25) is 0 Å². The van der Waals surface area contributed by atoms with Gasteiger partial charge < -0.3 is 4.48 Å². The van der Waals surface area contributed by atoms with Gasteiger partial charge in [-0.15, -0.1) is 0 Å². The summed E-state index contributed by atoms with van der Waals surface area (Å²) in [4.78, 5) is 0. The van der Waals surface area contributed by atoms with Gasteiger partial charge in [-0.25, -0.2) is 0 Å². The molecule has 0 radical (unpaired) electrons. The zero-order valence-electron chi connectivity index (χ0n) is 8.55. The largest absolute Gasteiger partial charge is 0.312 e. The first-order valence-corrected chi connectivity index (χ1v) is 5.00. The lowest BCUT2D eigenvalue weighted by molar-refractivity contribution is -0.892. The van der Waals surface area contributed by atoms with Gasteiger partial charge in [-0.05, 0) is 6.92 Å². The van der Waals surface area contributed by atoms with Gasteiger partial charge in [0, 0.05) is 5.56 Å². The average molecular weight is 199 g/mol. The molecule has 0 saturated carbocycles. The van der Waals surface area contributed by atoms with Crippen molar-refractivity contribution < 1.29 is 4.48 Å². The third kappa shape index (κ3) is 3.37. The number of nitrogens with zero attached hydrogens (tertiary/aromatic N) is 1. The highest BCUT2D eigenvalue weighted by Crippen LogP contribution is 2.10. The number of benzene rings is 1. The highest BCUT2D eigenvalue weighted by Gasteiger charge is 2.13. The predicted molar refractivity (Wildman–Crippen MR) is 57.7 cm³/mol. The van der Waals surface area contributed by atoms with E-state index >= 15 is 0 Å². The SMILES string of the molecule is Cc1ccc(C[N+](C)(C)CCl)cc1. The molecule has 0 aliphatic heterocycles. The summed E-state index contributed by atoms with van der Waals surface area (Å²) in [6, 6.07) is 9.27. The maximum absolute atomic E-state index is 5.85. The smallest absolute Gasteiger partial charge is 0.154 e. The molecule has 1 aromatic carbocycles. The Morgan fingerprint density at radius 3 is 2.15 bits per heavy atom. The van der Waals surface area contributed by atoms with Crippen LogP contribution in [-0.4, -0.2) is 24.6 Å². The maximum atomic E-state index is 5.85. The number of rotatable bonds is 3. The Balaban J connectivity index is 2.69. The van der Waals surface area contributed by atoms with Gasteiger partial charge in [-0.2, -0.15) is 0 Å². The lowest BCUT2D eigenvalue weighted by Crippen LogP contribution is -2.37. The van der Waals surface area contributed by atoms with Crippen molar-refractivity contribution in [2.45, 2.75) is 13.5 Å². The third-order valence-corrected chi connectivity index (χ3v) is 2.70. The Kier molecular flexibility index (Phi) is 3.34. The quantitative estimate of drug-likeness (QED) is 0.398. The molecule has 2 heteroatoms. The van der Waals surface area contributed by atoms with Crippen LogP contribution in [-0.2, 0) is 6.54 Å². The first-order chi connectivity index (χ1) is 6.03. The first kappa shape index (κ1) is 10.6. The minimum Gasteiger partial charge on any atom is -0.312 e. The Hall–Kier alpha value is -0.530. The van der Waals surface area contributed by atoms with Gasteiger partial charge >= 0.3 is 0 Å². The molecule has 0 aliphatic rings. The molecular weight excluding hydrogens is 182 g/mol. The van der Waals surface area contributed by atoms with Crippen molar-refractivity contribution in [1.82, 2.24) is 0 Å². The van der Waals surface area contributed by atoms with Gasteiger partial charge in [0.15, 0.2) is 6.00 Å². The average Bonchev–Trinajstić information content (AvgIpc) is 2.09. The van der Waals surface area contributed by atoms with Crippen molar-refractivity contribution in [3.8, 4) is 0 Å². The molecule has 0 amide bonds. The fourth-order valence-electron chi connectivity index (χ4n) is 1.23. The number of halogens is 1. The maximum Gasteiger partial charge on any atom is 0.154 e. The number of hydrogen-bond acceptors (Lipinski definition) is 0. The molecule has 1 aromatic rings. The highest BCUT2D eigenvalue weighted by atomic mass is 35.5. The molecule has 0 N–H and O–H groups in total. The van der Waals surface area contributed by atoms with Gasteiger partial charge in [0.1, 0.15) is 6.54 Å². The number of quaternary nitrogens is 1. The zero-order valence-corrected chi connectivity index (χ0v) is 9.30. The second-order valence-electron chi connectivity index (χ2n) is 4.20. The normalized spacial score (nSPS) is 11.7. The van der Waals surface area contributed by atoms with Crippen LogP contribution in [0, 0.1) is 6.92 Å². The summed E-state index contributed by atoms with van der Waals surface area (Å²) in [5.74, 6) is 0. The Labute approximate surface area is 85.5 Å². The molecule has 72 valence electrons. The molecule has 0 bridgehead atoms. The molecular formula is C11H17ClN+. The summed E-state index contributed by atoms with van der Waals surface area (Å²) >= 11 is 5.85. The van der Waals surface area contributed by atoms with Gasteiger partial charge in [0.2, 0.25) is 0 Å². The standard InChI is InChI=1S/C11H17ClN/c1-10-4-6-11(7-5-10)8-13(2,3)9-12/h4-7H,8-9H2,1-3H3/q+1. The topological polar surface area (TPSA) is 0 Å². The second-order valence-corrected chi connectivity index (χ2v) is 4.44. The molecule has 0 saturated heterocycles. The van der Waals surface area contributed by atoms with Gasteiger partial charge in [-0.1, -0.05) is 41.4 Å². The molecule has 0 heterocycles. The van der Waals surface area contributed by atoms with Gasteiger partial charge in [-0.3, -0.25) is 0 Å². The molecule has 0 fully saturated rings. The van der Waals surface area contributed by atoms with Crippen LogP contribution in [0.3, 0.4) is 0 Å². The van der Waals surface area contributed by atoms with Crippen LogP contribution < -0.4 is 0 Å². The van der Waals surface area contributed by atoms with Crippen molar-refractivity contribution >= 4 is 11.6 Å². The Bertz CT molecular complexity index is 264. The van der Waals surface area contributed by atoms with E-state index in [4.69, 9.17) is 11.6 Å². The van der Waals surface area contributed by atoms with Crippen molar-refractivity contribution in [3.05, 3.63) is 35.4 Å². The summed E-state index contributed by atoms with van der Waals surface area (Å²) < 4.78 is 0.824. The lowest BCUT2D eigenvalue weighted by atomic mass is 10.1. The molecule has 1 rings (SSSR count). The van der Waals surface area contributed by atoms with E-state index in [2.05, 4.69) is 45.3 Å². The Morgan fingerprint density at radius 1 is 1.15 bits per heavy atom. The summed E-state index contributed by atoms with van der Waals surface area (Å²) in [6.07, 6.45) is 0. The number of hydrogen-bond donors (Lipinski definition) is 0. The van der Waals surface area contributed by atoms with E-state index in [0.29, 0.717) is 6.00 Å². The van der Waals surface area contributed by atoms with Crippen LogP contribution in [0.25, 0.3) is 0 Å². The second kappa shape index (κ2) is 4.12. The van der Waals surface area contributed by atoms with E-state index in [1.54, 1.807) is 0 Å². The monoisotopic (exact) mass is 198 g/mol. The van der Waals surface area contributed by atoms with E-state index in [0.717, 1.165) is 11.0 Å². The molecule has 0 unspecified atom stereocenters. The molecule has 13 heavy (non-hydrogen) atoms. The molecule has 1 nitrogen and oxygen atoms in total. The van der Waals surface area contributed by atoms with E-state index in [1.807, 2.05) is 0 Å². The van der Waals surface area contributed by atoms with Crippen LogP contribution in [0.4, 0.5) is 0 Å². The van der Waals surface area contributed by atoms with E-state index in [-0.39, 0.29) is 0 Å². The minimum atomic E-state index is 0.647. The summed E-state index contributed by atoms with van der Waals surface area (Å²) in [7, 11) is 4.26. The first-order valence-electron chi connectivity index (χ1n) is 4.47. The van der Waals surface area contributed by atoms with Gasteiger partial charge in [0.25, 0.3) is 0 Å². The molecule has 0 aliphatic carbocycles. The lowest BCUT2D eigenvalue weighted by Gasteiger charge is -2.26. The van der Waals surface area contributed by atoms with Crippen LogP contribution in [0.1, 0.15) is 11.1 Å². The fraction of sp³-hybridized carbons (Fsp3) is 0.455. The van der Waals surface area contributed by atoms with E-state index in [9.17, 15) is 0 Å². The fourth-order valence-corrected chi connectivity index (χ4v) is 1.31. The van der Waals surface area contributed by atoms with Crippen molar-refractivity contribution in [1.29, 1.82) is 0 Å². The molecule has 0 aromatic heterocycles. The minimum absolute atomic E-state index is 0.647. The summed E-state index contributed by atoms with van der Waals surface area (Å²) in [5.41, 5.74) is 2.65. The van der Waals surface area contributed by atoms with Crippen LogP contribution in [0.15, 0.2) is 24.3 Å². The summed E-state index contributed by atoms with van der Waals surface area (Å²) in [5, 5.41) is 0. The number of alkyl halides is 1. The highest BCUT2D eigenvalue weighted by molar-refractivity contribution is 6.16. The van der Waals surface area contributed by atoms with E-state index in [1.165, 1.54) is 11.1 Å². The van der Waals surface area contributed by atoms with Gasteiger partial charge in [0.05, 0.1) is 14.1 Å². The van der Waals surface area contributed by atoms with Crippen LogP contribution >= 0.6 is 11.6 Å². The molecule has 0 atom stereocenters. The van der Waals surface area contributed by atoms with Crippen molar-refractivity contribution in [2.24, 2.45) is 0 Å². The summed E-state index contributed by atoms with van der Waals surface area (Å²) in [6.45, 7) is 3.09. The van der Waals surface area contributed by atoms with Crippen LogP contribution in [0.5, 0.6) is 0 Å². The predicted octanol–water partition coefficient (Wildman–Crippen LogP) is 2.77. The van der Waals surface area contributed by atoms with Crippen molar-refractivity contribution in [3.63, 3.8) is 0 Å². The Morgan fingerprint density at radius 2 is 1.69 bits per heavy atom.